The molecule has 14 heavy (non-hydrogen) atoms. The molecule has 0 bridgehead atoms. The molecule has 1 aromatic heterocycles. The highest BCUT2D eigenvalue weighted by molar-refractivity contribution is 5.13. The molecular formula is C11H16O3. The normalized spacial score (nSPS) is 11.7. The van der Waals surface area contributed by atoms with Gasteiger partial charge in [0.05, 0.1) is 5.60 Å². The highest BCUT2D eigenvalue weighted by Gasteiger charge is 2.16. The van der Waals surface area contributed by atoms with Crippen LogP contribution in [0.2, 0.25) is 0 Å². The van der Waals surface area contributed by atoms with Crippen LogP contribution in [0.3, 0.4) is 0 Å². The fourth-order valence-electron chi connectivity index (χ4n) is 1.27. The molecule has 0 atom stereocenters. The molecule has 0 aromatic carbocycles. The lowest BCUT2D eigenvalue weighted by Gasteiger charge is -2.15. The van der Waals surface area contributed by atoms with Gasteiger partial charge in [0.25, 0.3) is 0 Å². The Hall–Kier alpha value is -1.09. The highest BCUT2D eigenvalue weighted by Crippen LogP contribution is 2.09. The van der Waals surface area contributed by atoms with E-state index in [1.165, 1.54) is 0 Å². The first kappa shape index (κ1) is 11.0. The molecule has 1 rings (SSSR count). The van der Waals surface area contributed by atoms with E-state index in [1.54, 1.807) is 26.0 Å². The summed E-state index contributed by atoms with van der Waals surface area (Å²) in [7, 11) is 0. The molecule has 1 heterocycles. The molecule has 1 N–H and O–H groups in total. The molecular weight excluding hydrogens is 180 g/mol. The molecule has 78 valence electrons. The van der Waals surface area contributed by atoms with Gasteiger partial charge in [-0.05, 0) is 26.0 Å². The number of hydrogen-bond donors (Lipinski definition) is 1. The molecule has 0 fully saturated rings. The summed E-state index contributed by atoms with van der Waals surface area (Å²) in [5.41, 5.74) is -0.691. The van der Waals surface area contributed by atoms with Gasteiger partial charge >= 0.3 is 5.63 Å². The third-order valence-electron chi connectivity index (χ3n) is 1.93. The number of hydrogen-bond acceptors (Lipinski definition) is 3. The molecule has 3 nitrogen and oxygen atoms in total. The summed E-state index contributed by atoms with van der Waals surface area (Å²) in [6, 6.07) is 3.51. The Balaban J connectivity index is 2.96. The number of rotatable bonds is 3. The predicted molar refractivity (Wildman–Crippen MR) is 54.4 cm³/mol. The molecule has 0 aliphatic heterocycles. The Morgan fingerprint density at radius 2 is 2.07 bits per heavy atom. The Morgan fingerprint density at radius 1 is 1.43 bits per heavy atom. The Bertz CT molecular complexity index is 358. The standard InChI is InChI=1S/C11H16O3/c1-4-9-6-5-8(10(12)14-9)7-11(2,3)13/h5-6,13H,4,7H2,1-3H3. The van der Waals surface area contributed by atoms with Gasteiger partial charge in [-0.1, -0.05) is 6.92 Å². The van der Waals surface area contributed by atoms with Crippen molar-refractivity contribution in [3.05, 3.63) is 33.9 Å². The third-order valence-corrected chi connectivity index (χ3v) is 1.93. The second-order valence-electron chi connectivity index (χ2n) is 4.06. The van der Waals surface area contributed by atoms with E-state index in [0.717, 1.165) is 0 Å². The van der Waals surface area contributed by atoms with Crippen LogP contribution in [0.4, 0.5) is 0 Å². The van der Waals surface area contributed by atoms with E-state index in [4.69, 9.17) is 4.42 Å². The molecule has 0 spiro atoms. The van der Waals surface area contributed by atoms with Crippen LogP contribution in [-0.4, -0.2) is 10.7 Å². The van der Waals surface area contributed by atoms with Crippen molar-refractivity contribution < 1.29 is 9.52 Å². The largest absolute Gasteiger partial charge is 0.428 e. The fourth-order valence-corrected chi connectivity index (χ4v) is 1.27. The van der Waals surface area contributed by atoms with Crippen molar-refractivity contribution in [1.29, 1.82) is 0 Å². The van der Waals surface area contributed by atoms with Crippen molar-refractivity contribution in [2.45, 2.75) is 39.2 Å². The third kappa shape index (κ3) is 3.00. The van der Waals surface area contributed by atoms with E-state index < -0.39 is 5.60 Å². The summed E-state index contributed by atoms with van der Waals surface area (Å²) < 4.78 is 5.04. The van der Waals surface area contributed by atoms with E-state index in [0.29, 0.717) is 24.2 Å². The van der Waals surface area contributed by atoms with Crippen LogP contribution < -0.4 is 5.63 Å². The Kier molecular flexibility index (Phi) is 3.11. The zero-order valence-electron chi connectivity index (χ0n) is 8.83. The number of aryl methyl sites for hydroxylation is 1. The highest BCUT2D eigenvalue weighted by atomic mass is 16.4. The minimum Gasteiger partial charge on any atom is -0.428 e. The maximum atomic E-state index is 11.4. The lowest BCUT2D eigenvalue weighted by molar-refractivity contribution is 0.0799. The first-order valence-corrected chi connectivity index (χ1v) is 4.76. The molecule has 0 radical (unpaired) electrons. The summed E-state index contributed by atoms with van der Waals surface area (Å²) in [6.07, 6.45) is 1.03. The molecule has 0 amide bonds. The second kappa shape index (κ2) is 3.96. The average Bonchev–Trinajstić information content (AvgIpc) is 2.06. The fraction of sp³-hybridized carbons (Fsp3) is 0.545. The van der Waals surface area contributed by atoms with Gasteiger partial charge in [-0.25, -0.2) is 4.79 Å². The minimum atomic E-state index is -0.873. The summed E-state index contributed by atoms with van der Waals surface area (Å²) in [4.78, 5) is 11.4. The SMILES string of the molecule is CCc1ccc(CC(C)(C)O)c(=O)o1. The average molecular weight is 196 g/mol. The topological polar surface area (TPSA) is 50.4 Å². The van der Waals surface area contributed by atoms with Crippen molar-refractivity contribution >= 4 is 0 Å². The monoisotopic (exact) mass is 196 g/mol. The van der Waals surface area contributed by atoms with E-state index in [1.807, 2.05) is 6.92 Å². The summed E-state index contributed by atoms with van der Waals surface area (Å²) >= 11 is 0. The lowest BCUT2D eigenvalue weighted by Crippen LogP contribution is -2.25. The quantitative estimate of drug-likeness (QED) is 0.797. The Labute approximate surface area is 83.4 Å². The van der Waals surface area contributed by atoms with Gasteiger partial charge in [0.2, 0.25) is 0 Å². The van der Waals surface area contributed by atoms with Gasteiger partial charge in [-0.2, -0.15) is 0 Å². The summed E-state index contributed by atoms with van der Waals surface area (Å²) in [6.45, 7) is 5.26. The van der Waals surface area contributed by atoms with Gasteiger partial charge in [0.1, 0.15) is 5.76 Å². The molecule has 0 unspecified atom stereocenters. The molecule has 0 aliphatic rings. The van der Waals surface area contributed by atoms with E-state index in [9.17, 15) is 9.90 Å². The maximum Gasteiger partial charge on any atom is 0.339 e. The van der Waals surface area contributed by atoms with Crippen molar-refractivity contribution in [3.8, 4) is 0 Å². The van der Waals surface area contributed by atoms with Crippen LogP contribution in [0.5, 0.6) is 0 Å². The van der Waals surface area contributed by atoms with Crippen LogP contribution in [0.1, 0.15) is 32.1 Å². The summed E-state index contributed by atoms with van der Waals surface area (Å²) in [5, 5.41) is 9.54. The van der Waals surface area contributed by atoms with Crippen LogP contribution in [0.25, 0.3) is 0 Å². The van der Waals surface area contributed by atoms with Crippen LogP contribution in [0, 0.1) is 0 Å². The zero-order valence-corrected chi connectivity index (χ0v) is 8.83. The van der Waals surface area contributed by atoms with Gasteiger partial charge in [0.15, 0.2) is 0 Å². The molecule has 0 saturated heterocycles. The first-order valence-electron chi connectivity index (χ1n) is 4.76. The molecule has 1 aromatic rings. The summed E-state index contributed by atoms with van der Waals surface area (Å²) in [5.74, 6) is 0.675. The van der Waals surface area contributed by atoms with Crippen LogP contribution in [-0.2, 0) is 12.8 Å². The van der Waals surface area contributed by atoms with Crippen molar-refractivity contribution in [1.82, 2.24) is 0 Å². The first-order chi connectivity index (χ1) is 6.42. The molecule has 3 heteroatoms. The van der Waals surface area contributed by atoms with Gasteiger partial charge in [-0.15, -0.1) is 0 Å². The minimum absolute atomic E-state index is 0.319. The van der Waals surface area contributed by atoms with Gasteiger partial charge in [0, 0.05) is 18.4 Å². The van der Waals surface area contributed by atoms with Crippen LogP contribution >= 0.6 is 0 Å². The van der Waals surface area contributed by atoms with Crippen molar-refractivity contribution in [3.63, 3.8) is 0 Å². The smallest absolute Gasteiger partial charge is 0.339 e. The van der Waals surface area contributed by atoms with Crippen molar-refractivity contribution in [2.75, 3.05) is 0 Å². The zero-order chi connectivity index (χ0) is 10.8. The van der Waals surface area contributed by atoms with Gasteiger partial charge in [-0.3, -0.25) is 0 Å². The van der Waals surface area contributed by atoms with E-state index in [2.05, 4.69) is 0 Å². The Morgan fingerprint density at radius 3 is 2.50 bits per heavy atom. The number of aliphatic hydroxyl groups is 1. The predicted octanol–water partition coefficient (Wildman–Crippen LogP) is 1.52. The second-order valence-corrected chi connectivity index (χ2v) is 4.06. The van der Waals surface area contributed by atoms with E-state index >= 15 is 0 Å². The molecule has 0 saturated carbocycles. The lowest BCUT2D eigenvalue weighted by atomic mass is 10.0. The van der Waals surface area contributed by atoms with Crippen LogP contribution in [0.15, 0.2) is 21.3 Å². The van der Waals surface area contributed by atoms with E-state index in [-0.39, 0.29) is 5.63 Å². The van der Waals surface area contributed by atoms with Gasteiger partial charge < -0.3 is 9.52 Å². The molecule has 0 aliphatic carbocycles. The maximum absolute atomic E-state index is 11.4. The van der Waals surface area contributed by atoms with Crippen molar-refractivity contribution in [2.24, 2.45) is 0 Å².